The molecule has 0 aliphatic carbocycles. The second kappa shape index (κ2) is 11.7. The zero-order chi connectivity index (χ0) is 33.0. The van der Waals surface area contributed by atoms with Crippen LogP contribution in [-0.4, -0.2) is 4.98 Å². The Morgan fingerprint density at radius 2 is 0.920 bits per heavy atom. The van der Waals surface area contributed by atoms with Crippen molar-refractivity contribution in [3.63, 3.8) is 0 Å². The molecule has 0 saturated heterocycles. The number of rotatable bonds is 5. The molecule has 9 aromatic carbocycles. The minimum atomic E-state index is 1.06. The summed E-state index contributed by atoms with van der Waals surface area (Å²) in [5.74, 6) is 0. The van der Waals surface area contributed by atoms with Crippen LogP contribution in [0.3, 0.4) is 0 Å². The van der Waals surface area contributed by atoms with Crippen LogP contribution in [0.2, 0.25) is 0 Å². The number of hydrogen-bond donors (Lipinski definition) is 0. The van der Waals surface area contributed by atoms with Crippen LogP contribution < -0.4 is 4.90 Å². The lowest BCUT2D eigenvalue weighted by Crippen LogP contribution is -2.09. The predicted molar refractivity (Wildman–Crippen MR) is 215 cm³/mol. The lowest BCUT2D eigenvalue weighted by Gasteiger charge is -2.26. The molecule has 50 heavy (non-hydrogen) atoms. The fourth-order valence-corrected chi connectivity index (χ4v) is 8.24. The van der Waals surface area contributed by atoms with Gasteiger partial charge in [0.05, 0.1) is 10.2 Å². The van der Waals surface area contributed by atoms with Gasteiger partial charge in [-0.25, -0.2) is 4.98 Å². The van der Waals surface area contributed by atoms with Gasteiger partial charge in [-0.1, -0.05) is 115 Å². The fourth-order valence-electron chi connectivity index (χ4n) is 7.27. The third-order valence-corrected chi connectivity index (χ3v) is 10.9. The molecule has 0 N–H and O–H groups in total. The molecule has 3 heteroatoms. The van der Waals surface area contributed by atoms with E-state index in [1.54, 1.807) is 11.3 Å². The maximum absolute atomic E-state index is 4.84. The number of benzene rings is 9. The summed E-state index contributed by atoms with van der Waals surface area (Å²) in [7, 11) is 0. The van der Waals surface area contributed by atoms with Crippen LogP contribution in [-0.2, 0) is 0 Å². The van der Waals surface area contributed by atoms with Gasteiger partial charge in [-0.2, -0.15) is 0 Å². The van der Waals surface area contributed by atoms with Crippen molar-refractivity contribution < 1.29 is 0 Å². The number of anilines is 3. The van der Waals surface area contributed by atoms with Crippen molar-refractivity contribution in [2.45, 2.75) is 0 Å². The summed E-state index contributed by atoms with van der Waals surface area (Å²) in [6, 6.07) is 66.0. The molecule has 0 spiro atoms. The number of para-hydroxylation sites is 2. The second-order valence-corrected chi connectivity index (χ2v) is 13.9. The van der Waals surface area contributed by atoms with Crippen LogP contribution in [0, 0.1) is 0 Å². The largest absolute Gasteiger partial charge is 0.310 e. The molecule has 0 aliphatic rings. The molecular formula is C47H30N2S. The highest BCUT2D eigenvalue weighted by Gasteiger charge is 2.15. The Hall–Kier alpha value is -6.29. The monoisotopic (exact) mass is 654 g/mol. The van der Waals surface area contributed by atoms with Crippen LogP contribution in [0.5, 0.6) is 0 Å². The summed E-state index contributed by atoms with van der Waals surface area (Å²) in [6.07, 6.45) is 0. The Balaban J connectivity index is 1.01. The molecular weight excluding hydrogens is 625 g/mol. The molecule has 0 fully saturated rings. The molecule has 10 aromatic rings. The van der Waals surface area contributed by atoms with E-state index in [1.165, 1.54) is 58.9 Å². The smallest absolute Gasteiger partial charge is 0.124 e. The minimum absolute atomic E-state index is 1.06. The summed E-state index contributed by atoms with van der Waals surface area (Å²) in [5, 5.41) is 11.0. The molecule has 1 aromatic heterocycles. The van der Waals surface area contributed by atoms with E-state index in [9.17, 15) is 0 Å². The van der Waals surface area contributed by atoms with E-state index in [0.717, 1.165) is 33.1 Å². The van der Waals surface area contributed by atoms with Crippen molar-refractivity contribution in [3.8, 4) is 21.7 Å². The lowest BCUT2D eigenvalue weighted by atomic mass is 9.96. The maximum Gasteiger partial charge on any atom is 0.124 e. The maximum atomic E-state index is 4.84. The van der Waals surface area contributed by atoms with E-state index in [-0.39, 0.29) is 0 Å². The molecule has 2 nitrogen and oxygen atoms in total. The van der Waals surface area contributed by atoms with Gasteiger partial charge in [0, 0.05) is 22.6 Å². The lowest BCUT2D eigenvalue weighted by molar-refractivity contribution is 1.29. The first-order valence-corrected chi connectivity index (χ1v) is 17.8. The van der Waals surface area contributed by atoms with Crippen molar-refractivity contribution in [2.24, 2.45) is 0 Å². The summed E-state index contributed by atoms with van der Waals surface area (Å²) < 4.78 is 1.22. The third kappa shape index (κ3) is 4.99. The Morgan fingerprint density at radius 1 is 0.360 bits per heavy atom. The van der Waals surface area contributed by atoms with Crippen molar-refractivity contribution in [1.82, 2.24) is 4.98 Å². The van der Waals surface area contributed by atoms with Crippen molar-refractivity contribution >= 4 is 81.7 Å². The summed E-state index contributed by atoms with van der Waals surface area (Å²) in [4.78, 5) is 7.20. The highest BCUT2D eigenvalue weighted by Crippen LogP contribution is 2.40. The topological polar surface area (TPSA) is 16.1 Å². The minimum Gasteiger partial charge on any atom is -0.310 e. The van der Waals surface area contributed by atoms with Crippen LogP contribution >= 0.6 is 11.3 Å². The zero-order valence-electron chi connectivity index (χ0n) is 27.1. The highest BCUT2D eigenvalue weighted by molar-refractivity contribution is 7.21. The number of aromatic nitrogens is 1. The molecule has 0 bridgehead atoms. The van der Waals surface area contributed by atoms with Crippen molar-refractivity contribution in [1.29, 1.82) is 0 Å². The number of fused-ring (bicyclic) bond motifs is 6. The van der Waals surface area contributed by atoms with Gasteiger partial charge in [0.2, 0.25) is 0 Å². The van der Waals surface area contributed by atoms with Crippen molar-refractivity contribution in [3.05, 3.63) is 182 Å². The fraction of sp³-hybridized carbons (Fsp3) is 0. The zero-order valence-corrected chi connectivity index (χ0v) is 27.9. The standard InChI is InChI=1S/C47H30N2S/c1-2-10-40(11-3-1)49(41-22-20-36-26-33-8-4-5-9-34(33)28-39(36)30-41)42-23-25-44-38(29-42)19-18-37-27-35(21-24-43(37)44)31-14-16-32(17-15-31)47-48-45-12-6-7-13-46(45)50-47/h1-30H. The van der Waals surface area contributed by atoms with Gasteiger partial charge in [0.1, 0.15) is 5.01 Å². The average Bonchev–Trinajstić information content (AvgIpc) is 3.62. The average molecular weight is 655 g/mol. The summed E-state index contributed by atoms with van der Waals surface area (Å²) in [5.41, 5.74) is 8.02. The van der Waals surface area contributed by atoms with Crippen LogP contribution in [0.1, 0.15) is 0 Å². The van der Waals surface area contributed by atoms with Crippen LogP contribution in [0.4, 0.5) is 17.1 Å². The van der Waals surface area contributed by atoms with E-state index < -0.39 is 0 Å². The molecule has 0 atom stereocenters. The van der Waals surface area contributed by atoms with Gasteiger partial charge >= 0.3 is 0 Å². The Kier molecular flexibility index (Phi) is 6.71. The molecule has 0 radical (unpaired) electrons. The Labute approximate surface area is 294 Å². The van der Waals surface area contributed by atoms with E-state index in [2.05, 4.69) is 181 Å². The molecule has 0 amide bonds. The Bertz CT molecular complexity index is 2840. The van der Waals surface area contributed by atoms with Crippen molar-refractivity contribution in [2.75, 3.05) is 4.90 Å². The summed E-state index contributed by atoms with van der Waals surface area (Å²) in [6.45, 7) is 0. The van der Waals surface area contributed by atoms with Gasteiger partial charge in [-0.3, -0.25) is 0 Å². The number of thiazole rings is 1. The number of hydrogen-bond acceptors (Lipinski definition) is 3. The third-order valence-electron chi connectivity index (χ3n) is 9.80. The van der Waals surface area contributed by atoms with E-state index >= 15 is 0 Å². The summed E-state index contributed by atoms with van der Waals surface area (Å²) >= 11 is 1.74. The molecule has 1 heterocycles. The van der Waals surface area contributed by atoms with Gasteiger partial charge in [0.25, 0.3) is 0 Å². The molecule has 10 rings (SSSR count). The molecule has 234 valence electrons. The van der Waals surface area contributed by atoms with E-state index in [1.807, 2.05) is 6.07 Å². The predicted octanol–water partition coefficient (Wildman–Crippen LogP) is 13.7. The molecule has 0 unspecified atom stereocenters. The van der Waals surface area contributed by atoms with Gasteiger partial charge in [-0.15, -0.1) is 11.3 Å². The first kappa shape index (κ1) is 28.7. The molecule has 0 aliphatic heterocycles. The van der Waals surface area contributed by atoms with Gasteiger partial charge in [0.15, 0.2) is 0 Å². The SMILES string of the molecule is c1ccc(N(c2ccc3cc4ccccc4cc3c2)c2ccc3c(ccc4cc(-c5ccc(-c6nc7ccccc7s6)cc5)ccc43)c2)cc1. The van der Waals surface area contributed by atoms with E-state index in [4.69, 9.17) is 4.98 Å². The Morgan fingerprint density at radius 3 is 1.70 bits per heavy atom. The normalized spacial score (nSPS) is 11.6. The quantitative estimate of drug-likeness (QED) is 0.136. The number of nitrogens with zero attached hydrogens (tertiary/aromatic N) is 2. The van der Waals surface area contributed by atoms with E-state index in [0.29, 0.717) is 0 Å². The first-order valence-electron chi connectivity index (χ1n) is 16.9. The second-order valence-electron chi connectivity index (χ2n) is 12.9. The first-order chi connectivity index (χ1) is 24.7. The van der Waals surface area contributed by atoms with Gasteiger partial charge < -0.3 is 4.90 Å². The highest BCUT2D eigenvalue weighted by atomic mass is 32.1. The molecule has 0 saturated carbocycles. The van der Waals surface area contributed by atoms with Crippen LogP contribution in [0.25, 0.3) is 75.0 Å². The van der Waals surface area contributed by atoms with Crippen LogP contribution in [0.15, 0.2) is 182 Å². The van der Waals surface area contributed by atoms with Gasteiger partial charge in [-0.05, 0) is 121 Å².